The summed E-state index contributed by atoms with van der Waals surface area (Å²) < 4.78 is 0. The third-order valence-electron chi connectivity index (χ3n) is 3.24. The van der Waals surface area contributed by atoms with Gasteiger partial charge in [-0.25, -0.2) is 0 Å². The zero-order chi connectivity index (χ0) is 14.7. The van der Waals surface area contributed by atoms with Crippen molar-refractivity contribution in [2.45, 2.75) is 0 Å². The van der Waals surface area contributed by atoms with Gasteiger partial charge in [-0.1, -0.05) is 42.5 Å². The van der Waals surface area contributed by atoms with Gasteiger partial charge in [-0.3, -0.25) is 15.1 Å². The molecule has 0 spiro atoms. The minimum absolute atomic E-state index is 0.0864. The number of non-ortho nitro benzene ring substituents is 1. The van der Waals surface area contributed by atoms with Gasteiger partial charge in [0.2, 0.25) is 0 Å². The Hall–Kier alpha value is -3.01. The zero-order valence-electron chi connectivity index (χ0n) is 11.1. The van der Waals surface area contributed by atoms with E-state index < -0.39 is 0 Å². The van der Waals surface area contributed by atoms with E-state index in [1.54, 1.807) is 18.3 Å². The van der Waals surface area contributed by atoms with Gasteiger partial charge in [0.1, 0.15) is 0 Å². The van der Waals surface area contributed by atoms with Gasteiger partial charge in [0.25, 0.3) is 5.69 Å². The number of hydrogen-bond donors (Lipinski definition) is 0. The average Bonchev–Trinajstić information content (AvgIpc) is 2.56. The Balaban J connectivity index is 2.16. The summed E-state index contributed by atoms with van der Waals surface area (Å²) in [4.78, 5) is 14.9. The van der Waals surface area contributed by atoms with Crippen LogP contribution in [0.2, 0.25) is 0 Å². The fourth-order valence-electron chi connectivity index (χ4n) is 2.27. The molecule has 0 amide bonds. The van der Waals surface area contributed by atoms with E-state index in [9.17, 15) is 10.1 Å². The number of hydrogen-bond acceptors (Lipinski definition) is 3. The maximum Gasteiger partial charge on any atom is 0.270 e. The Bertz CT molecular complexity index is 786. The van der Waals surface area contributed by atoms with Crippen LogP contribution < -0.4 is 0 Å². The maximum absolute atomic E-state index is 10.9. The van der Waals surface area contributed by atoms with Crippen molar-refractivity contribution in [3.05, 3.63) is 83.0 Å². The molecule has 102 valence electrons. The molecular formula is C17H12N2O2. The summed E-state index contributed by atoms with van der Waals surface area (Å²) in [5, 5.41) is 10.9. The van der Waals surface area contributed by atoms with Crippen molar-refractivity contribution >= 4 is 5.69 Å². The molecule has 0 N–H and O–H groups in total. The third kappa shape index (κ3) is 2.65. The molecule has 0 unspecified atom stereocenters. The van der Waals surface area contributed by atoms with Gasteiger partial charge in [0.15, 0.2) is 0 Å². The SMILES string of the molecule is O=[N+]([O-])c1cccc(-c2ccccc2-c2ccccn2)c1. The second-order valence-electron chi connectivity index (χ2n) is 4.57. The lowest BCUT2D eigenvalue weighted by molar-refractivity contribution is -0.384. The number of nitro groups is 1. The van der Waals surface area contributed by atoms with Crippen molar-refractivity contribution in [1.29, 1.82) is 0 Å². The number of rotatable bonds is 3. The van der Waals surface area contributed by atoms with Gasteiger partial charge in [-0.15, -0.1) is 0 Å². The first kappa shape index (κ1) is 13.0. The van der Waals surface area contributed by atoms with Crippen LogP contribution in [-0.4, -0.2) is 9.91 Å². The minimum Gasteiger partial charge on any atom is -0.258 e. The van der Waals surface area contributed by atoms with Crippen molar-refractivity contribution in [3.63, 3.8) is 0 Å². The van der Waals surface area contributed by atoms with Crippen LogP contribution in [0.1, 0.15) is 0 Å². The van der Waals surface area contributed by atoms with E-state index in [4.69, 9.17) is 0 Å². The molecule has 0 atom stereocenters. The molecule has 1 heterocycles. The van der Waals surface area contributed by atoms with Crippen LogP contribution in [0.4, 0.5) is 5.69 Å². The Labute approximate surface area is 121 Å². The summed E-state index contributed by atoms with van der Waals surface area (Å²) in [5.74, 6) is 0. The van der Waals surface area contributed by atoms with Crippen molar-refractivity contribution < 1.29 is 4.92 Å². The summed E-state index contributed by atoms with van der Waals surface area (Å²) in [6.07, 6.45) is 1.74. The van der Waals surface area contributed by atoms with Crippen LogP contribution in [0.15, 0.2) is 72.9 Å². The van der Waals surface area contributed by atoms with Crippen molar-refractivity contribution in [2.24, 2.45) is 0 Å². The predicted molar refractivity (Wildman–Crippen MR) is 81.8 cm³/mol. The molecule has 0 aliphatic heterocycles. The highest BCUT2D eigenvalue weighted by Crippen LogP contribution is 2.32. The molecule has 0 bridgehead atoms. The first-order valence-corrected chi connectivity index (χ1v) is 6.51. The standard InChI is InChI=1S/C17H12N2O2/c20-19(21)14-7-5-6-13(12-14)15-8-1-2-9-16(15)17-10-3-4-11-18-17/h1-12H. The molecule has 0 aliphatic rings. The average molecular weight is 276 g/mol. The minimum atomic E-state index is -0.382. The molecule has 0 aliphatic carbocycles. The lowest BCUT2D eigenvalue weighted by atomic mass is 9.97. The fraction of sp³-hybridized carbons (Fsp3) is 0. The fourth-order valence-corrected chi connectivity index (χ4v) is 2.27. The summed E-state index contributed by atoms with van der Waals surface area (Å²) in [5.41, 5.74) is 3.63. The van der Waals surface area contributed by atoms with Crippen molar-refractivity contribution in [3.8, 4) is 22.4 Å². The molecule has 1 aromatic heterocycles. The quantitative estimate of drug-likeness (QED) is 0.528. The second kappa shape index (κ2) is 5.54. The van der Waals surface area contributed by atoms with Crippen LogP contribution in [0.3, 0.4) is 0 Å². The van der Waals surface area contributed by atoms with E-state index >= 15 is 0 Å². The van der Waals surface area contributed by atoms with E-state index in [2.05, 4.69) is 4.98 Å². The molecule has 3 rings (SSSR count). The molecule has 0 saturated heterocycles. The van der Waals surface area contributed by atoms with Crippen LogP contribution in [0, 0.1) is 10.1 Å². The number of nitrogens with zero attached hydrogens (tertiary/aromatic N) is 2. The van der Waals surface area contributed by atoms with E-state index in [0.29, 0.717) is 0 Å². The predicted octanol–water partition coefficient (Wildman–Crippen LogP) is 4.32. The molecule has 21 heavy (non-hydrogen) atoms. The zero-order valence-corrected chi connectivity index (χ0v) is 11.1. The number of pyridine rings is 1. The summed E-state index contributed by atoms with van der Waals surface area (Å²) in [7, 11) is 0. The Morgan fingerprint density at radius 2 is 1.62 bits per heavy atom. The van der Waals surface area contributed by atoms with Crippen LogP contribution in [-0.2, 0) is 0 Å². The number of aromatic nitrogens is 1. The lowest BCUT2D eigenvalue weighted by Gasteiger charge is -2.09. The molecule has 4 heteroatoms. The van der Waals surface area contributed by atoms with Crippen LogP contribution >= 0.6 is 0 Å². The Morgan fingerprint density at radius 1 is 0.857 bits per heavy atom. The number of nitro benzene ring substituents is 1. The van der Waals surface area contributed by atoms with Gasteiger partial charge in [0, 0.05) is 23.9 Å². The Morgan fingerprint density at radius 3 is 2.33 bits per heavy atom. The first-order valence-electron chi connectivity index (χ1n) is 6.51. The lowest BCUT2D eigenvalue weighted by Crippen LogP contribution is -1.90. The monoisotopic (exact) mass is 276 g/mol. The normalized spacial score (nSPS) is 10.3. The van der Waals surface area contributed by atoms with Crippen molar-refractivity contribution in [2.75, 3.05) is 0 Å². The van der Waals surface area contributed by atoms with Crippen LogP contribution in [0.25, 0.3) is 22.4 Å². The molecule has 4 nitrogen and oxygen atoms in total. The van der Waals surface area contributed by atoms with Gasteiger partial charge in [-0.05, 0) is 23.3 Å². The second-order valence-corrected chi connectivity index (χ2v) is 4.57. The third-order valence-corrected chi connectivity index (χ3v) is 3.24. The highest BCUT2D eigenvalue weighted by atomic mass is 16.6. The summed E-state index contributed by atoms with van der Waals surface area (Å²) in [6.45, 7) is 0. The molecule has 0 radical (unpaired) electrons. The van der Waals surface area contributed by atoms with E-state index in [1.807, 2.05) is 48.5 Å². The van der Waals surface area contributed by atoms with Crippen molar-refractivity contribution in [1.82, 2.24) is 4.98 Å². The summed E-state index contributed by atoms with van der Waals surface area (Å²) in [6, 6.07) is 20.1. The molecule has 3 aromatic rings. The highest BCUT2D eigenvalue weighted by Gasteiger charge is 2.11. The first-order chi connectivity index (χ1) is 10.3. The van der Waals surface area contributed by atoms with E-state index in [1.165, 1.54) is 6.07 Å². The van der Waals surface area contributed by atoms with Gasteiger partial charge in [-0.2, -0.15) is 0 Å². The smallest absolute Gasteiger partial charge is 0.258 e. The molecule has 0 fully saturated rings. The number of benzene rings is 2. The Kier molecular flexibility index (Phi) is 3.43. The van der Waals surface area contributed by atoms with Gasteiger partial charge < -0.3 is 0 Å². The van der Waals surface area contributed by atoms with Gasteiger partial charge >= 0.3 is 0 Å². The largest absolute Gasteiger partial charge is 0.270 e. The highest BCUT2D eigenvalue weighted by molar-refractivity contribution is 5.82. The maximum atomic E-state index is 10.9. The molecular weight excluding hydrogens is 264 g/mol. The van der Waals surface area contributed by atoms with E-state index in [-0.39, 0.29) is 10.6 Å². The molecule has 0 saturated carbocycles. The van der Waals surface area contributed by atoms with Crippen LogP contribution in [0.5, 0.6) is 0 Å². The van der Waals surface area contributed by atoms with E-state index in [0.717, 1.165) is 22.4 Å². The molecule has 2 aromatic carbocycles. The summed E-state index contributed by atoms with van der Waals surface area (Å²) >= 11 is 0. The topological polar surface area (TPSA) is 56.0 Å². The van der Waals surface area contributed by atoms with Gasteiger partial charge in [0.05, 0.1) is 10.6 Å².